The molecule has 0 amide bonds. The third-order valence-corrected chi connectivity index (χ3v) is 34.9. The minimum absolute atomic E-state index is 0.328. The Balaban J connectivity index is 0.824. The van der Waals surface area contributed by atoms with Gasteiger partial charge in [-0.3, -0.25) is 0 Å². The standard InChI is InChI=1S/C120H106F8O4S8/c1-5-9-13-17-21-59-129-103-66-100(104(130-60-22-18-14-10-6-2)65-99(103)107-69-93(77-29-45-85(123)46-30-77)115(135-107)113-91(57-63-133-113)75-25-41-83(121)42-26-75)108-70-94(78-31-47-86(124)48-32-78)117(136-108)118-95(79-33-49-87(125)50-34-79)71-109(137-118)101-67-106(132-62-24-20-16-12-8-4)102(68-105(101)131-61-23-19-15-11-7-3)110-72-96(80-35-51-88(126)52-36-80)119(138-110)120-98(82-39-55-90(128)56-40-82)74-112(140-120)111-73-97(81-37-53-89(127)54-38-81)116(139-111)114-92(58-64-134-114)76-27-43-84(122)44-28-76/h25-58,63-74H,5-24,59-62H2,1-4H3. The maximum atomic E-state index is 15.7. The molecule has 0 saturated heterocycles. The molecule has 18 aromatic rings. The normalized spacial score (nSPS) is 11.5. The summed E-state index contributed by atoms with van der Waals surface area (Å²) in [6.45, 7) is 10.5. The predicted molar refractivity (Wildman–Crippen MR) is 579 cm³/mol. The fraction of sp³-hybridized carbons (Fsp3) is 0.233. The zero-order valence-electron chi connectivity index (χ0n) is 78.5. The van der Waals surface area contributed by atoms with Crippen LogP contribution < -0.4 is 18.9 Å². The van der Waals surface area contributed by atoms with Crippen molar-refractivity contribution >= 4 is 90.7 Å². The minimum atomic E-state index is -0.391. The molecular formula is C120H106F8O4S8. The summed E-state index contributed by atoms with van der Waals surface area (Å²) < 4.78 is 151. The fourth-order valence-corrected chi connectivity index (χ4v) is 27.5. The molecule has 714 valence electrons. The van der Waals surface area contributed by atoms with Gasteiger partial charge in [-0.25, -0.2) is 35.1 Å². The zero-order chi connectivity index (χ0) is 96.5. The topological polar surface area (TPSA) is 36.9 Å². The van der Waals surface area contributed by atoms with Crippen LogP contribution in [-0.4, -0.2) is 26.4 Å². The quantitative estimate of drug-likeness (QED) is 0.0282. The van der Waals surface area contributed by atoms with Gasteiger partial charge in [-0.2, -0.15) is 0 Å². The Kier molecular flexibility index (Phi) is 33.0. The Morgan fingerprint density at radius 3 is 0.543 bits per heavy atom. The fourth-order valence-electron chi connectivity index (χ4n) is 17.8. The second-order valence-corrected chi connectivity index (χ2v) is 43.4. The van der Waals surface area contributed by atoms with Gasteiger partial charge in [0.15, 0.2) is 0 Å². The molecule has 18 rings (SSSR count). The van der Waals surface area contributed by atoms with Crippen molar-refractivity contribution in [3.05, 3.63) is 324 Å². The number of thiophene rings is 8. The SMILES string of the molecule is CCCCCCCOc1cc(-c2cc(-c3ccc(F)cc3)c(-c3sc(-c4cc(OCCCCCCC)c(-c5cc(-c6ccc(F)cc6)c(-c6sc(-c7cc(-c8ccc(F)cc8)c(-c8sccc8-c8ccc(F)cc8)s7)cc6-c6ccc(F)cc6)s5)cc4OCCCCCCC)cc3-c3ccc(F)cc3)s2)c(OCCCCCCC)cc1-c1cc(-c2ccc(F)cc2)c(-c2sccc2-c2ccc(F)cc2)s1. The van der Waals surface area contributed by atoms with E-state index in [9.17, 15) is 13.2 Å². The van der Waals surface area contributed by atoms with Crippen LogP contribution in [0.2, 0.25) is 0 Å². The van der Waals surface area contributed by atoms with Crippen molar-refractivity contribution in [2.75, 3.05) is 26.4 Å². The van der Waals surface area contributed by atoms with E-state index in [4.69, 9.17) is 18.9 Å². The predicted octanol–water partition coefficient (Wildman–Crippen LogP) is 41.0. The first kappa shape index (κ1) is 98.6. The highest BCUT2D eigenvalue weighted by atomic mass is 32.1. The number of hydrogen-bond donors (Lipinski definition) is 0. The highest BCUT2D eigenvalue weighted by Gasteiger charge is 2.32. The van der Waals surface area contributed by atoms with Crippen LogP contribution in [-0.2, 0) is 0 Å². The molecule has 0 unspecified atom stereocenters. The summed E-state index contributed by atoms with van der Waals surface area (Å²) in [5, 5.41) is 4.09. The van der Waals surface area contributed by atoms with E-state index in [1.54, 1.807) is 139 Å². The molecule has 20 heteroatoms. The Hall–Kier alpha value is -11.6. The molecule has 0 radical (unpaired) electrons. The third kappa shape index (κ3) is 23.3. The van der Waals surface area contributed by atoms with Crippen molar-refractivity contribution in [1.82, 2.24) is 0 Å². The largest absolute Gasteiger partial charge is 0.493 e. The summed E-state index contributed by atoms with van der Waals surface area (Å²) in [6.07, 6.45) is 20.0. The van der Waals surface area contributed by atoms with Gasteiger partial charge in [-0.15, -0.1) is 90.7 Å². The van der Waals surface area contributed by atoms with E-state index in [1.165, 1.54) is 97.1 Å². The van der Waals surface area contributed by atoms with Gasteiger partial charge in [0.2, 0.25) is 0 Å². The minimum Gasteiger partial charge on any atom is -0.493 e. The molecule has 0 N–H and O–H groups in total. The Morgan fingerprint density at radius 2 is 0.343 bits per heavy atom. The lowest BCUT2D eigenvalue weighted by atomic mass is 9.98. The van der Waals surface area contributed by atoms with Crippen LogP contribution in [0.3, 0.4) is 0 Å². The molecular weight excluding hydrogens is 1910 g/mol. The van der Waals surface area contributed by atoms with Crippen molar-refractivity contribution < 1.29 is 54.1 Å². The van der Waals surface area contributed by atoms with Crippen molar-refractivity contribution in [1.29, 1.82) is 0 Å². The number of rotatable bonds is 45. The monoisotopic (exact) mass is 2020 g/mol. The molecule has 140 heavy (non-hydrogen) atoms. The highest BCUT2D eigenvalue weighted by Crippen LogP contribution is 2.60. The van der Waals surface area contributed by atoms with Gasteiger partial charge >= 0.3 is 0 Å². The number of hydrogen-bond acceptors (Lipinski definition) is 12. The number of ether oxygens (including phenoxy) is 4. The molecule has 0 aliphatic heterocycles. The van der Waals surface area contributed by atoms with E-state index in [2.05, 4.69) is 99.8 Å². The maximum absolute atomic E-state index is 15.7. The second-order valence-electron chi connectivity index (χ2n) is 35.2. The molecule has 8 heterocycles. The Bertz CT molecular complexity index is 7180. The highest BCUT2D eigenvalue weighted by molar-refractivity contribution is 7.30. The van der Waals surface area contributed by atoms with Crippen molar-refractivity contribution in [2.45, 2.75) is 156 Å². The molecule has 0 aliphatic rings. The van der Waals surface area contributed by atoms with Crippen LogP contribution >= 0.6 is 90.7 Å². The summed E-state index contributed by atoms with van der Waals surface area (Å²) in [4.78, 5) is 12.7. The Morgan fingerprint density at radius 1 is 0.171 bits per heavy atom. The van der Waals surface area contributed by atoms with E-state index < -0.39 is 11.6 Å². The molecule has 0 saturated carbocycles. The van der Waals surface area contributed by atoms with E-state index in [-0.39, 0.29) is 34.9 Å². The van der Waals surface area contributed by atoms with Crippen LogP contribution in [0.5, 0.6) is 23.0 Å². The van der Waals surface area contributed by atoms with E-state index in [0.717, 1.165) is 308 Å². The molecule has 0 atom stereocenters. The third-order valence-electron chi connectivity index (χ3n) is 25.3. The lowest BCUT2D eigenvalue weighted by Crippen LogP contribution is -2.02. The molecule has 0 fully saturated rings. The van der Waals surface area contributed by atoms with E-state index >= 15 is 22.0 Å². The smallest absolute Gasteiger partial charge is 0.128 e. The summed E-state index contributed by atoms with van der Waals surface area (Å²) in [6, 6.07) is 78.3. The molecule has 0 aliphatic carbocycles. The van der Waals surface area contributed by atoms with E-state index in [1.807, 2.05) is 60.0 Å². The van der Waals surface area contributed by atoms with Crippen LogP contribution in [0.4, 0.5) is 35.1 Å². The maximum Gasteiger partial charge on any atom is 0.128 e. The molecule has 8 aromatic heterocycles. The van der Waals surface area contributed by atoms with Crippen molar-refractivity contribution in [3.8, 4) is 203 Å². The van der Waals surface area contributed by atoms with Gasteiger partial charge in [0, 0.05) is 96.0 Å². The molecule has 10 aromatic carbocycles. The average Bonchev–Trinajstić information content (AvgIpc) is 1.59. The van der Waals surface area contributed by atoms with Crippen molar-refractivity contribution in [2.24, 2.45) is 0 Å². The second kappa shape index (κ2) is 46.9. The van der Waals surface area contributed by atoms with E-state index in [0.29, 0.717) is 49.4 Å². The van der Waals surface area contributed by atoms with Gasteiger partial charge in [-0.1, -0.05) is 227 Å². The van der Waals surface area contributed by atoms with Crippen molar-refractivity contribution in [3.63, 3.8) is 0 Å². The van der Waals surface area contributed by atoms with Gasteiger partial charge in [0.05, 0.1) is 65.4 Å². The van der Waals surface area contributed by atoms with Crippen LogP contribution in [0.15, 0.2) is 278 Å². The van der Waals surface area contributed by atoms with Gasteiger partial charge in [0.25, 0.3) is 0 Å². The summed E-state index contributed by atoms with van der Waals surface area (Å²) in [7, 11) is 0. The summed E-state index contributed by atoms with van der Waals surface area (Å²) >= 11 is 12.8. The molecule has 0 spiro atoms. The average molecular weight is 2020 g/mol. The van der Waals surface area contributed by atoms with Gasteiger partial charge in [-0.05, 0) is 251 Å². The lowest BCUT2D eigenvalue weighted by molar-refractivity contribution is 0.298. The lowest BCUT2D eigenvalue weighted by Gasteiger charge is -2.17. The van der Waals surface area contributed by atoms with Crippen LogP contribution in [0.25, 0.3) is 180 Å². The number of benzene rings is 10. The van der Waals surface area contributed by atoms with Crippen LogP contribution in [0, 0.1) is 46.5 Å². The summed E-state index contributed by atoms with van der Waals surface area (Å²) in [5.74, 6) is -0.424. The molecule has 4 nitrogen and oxygen atoms in total. The van der Waals surface area contributed by atoms with Crippen LogP contribution in [0.1, 0.15) is 156 Å². The first-order valence-electron chi connectivity index (χ1n) is 48.5. The first-order chi connectivity index (χ1) is 68.5. The molecule has 0 bridgehead atoms. The number of unbranched alkanes of at least 4 members (excludes halogenated alkanes) is 16. The van der Waals surface area contributed by atoms with Gasteiger partial charge < -0.3 is 18.9 Å². The summed E-state index contributed by atoms with van der Waals surface area (Å²) in [5.41, 5.74) is 16.6. The first-order valence-corrected chi connectivity index (χ1v) is 55.1. The number of halogens is 8. The Labute approximate surface area is 847 Å². The van der Waals surface area contributed by atoms with Gasteiger partial charge in [0.1, 0.15) is 69.5 Å². The zero-order valence-corrected chi connectivity index (χ0v) is 85.0.